The molecule has 1 aliphatic carbocycles. The molecule has 1 unspecified atom stereocenters. The van der Waals surface area contributed by atoms with E-state index in [1.807, 2.05) is 30.6 Å². The summed E-state index contributed by atoms with van der Waals surface area (Å²) >= 11 is 0. The van der Waals surface area contributed by atoms with Crippen LogP contribution in [-0.2, 0) is 0 Å². The lowest BCUT2D eigenvalue weighted by atomic mass is 9.78. The van der Waals surface area contributed by atoms with E-state index in [9.17, 15) is 0 Å². The van der Waals surface area contributed by atoms with Gasteiger partial charge in [0.2, 0.25) is 0 Å². The molecule has 0 spiro atoms. The van der Waals surface area contributed by atoms with E-state index in [2.05, 4.69) is 57.9 Å². The topological polar surface area (TPSA) is 101 Å². The number of hydrogen-bond acceptors (Lipinski definition) is 8. The van der Waals surface area contributed by atoms with Crippen LogP contribution < -0.4 is 16.0 Å². The first-order chi connectivity index (χ1) is 19.5. The molecule has 3 N–H and O–H groups in total. The maximum atomic E-state index is 5.17. The van der Waals surface area contributed by atoms with Gasteiger partial charge in [0.15, 0.2) is 5.82 Å². The molecule has 2 fully saturated rings. The van der Waals surface area contributed by atoms with Crippen molar-refractivity contribution in [2.24, 2.45) is 5.41 Å². The zero-order chi connectivity index (χ0) is 27.7. The van der Waals surface area contributed by atoms with Gasteiger partial charge in [-0.15, -0.1) is 0 Å². The van der Waals surface area contributed by atoms with Crippen LogP contribution in [0.4, 0.5) is 17.5 Å². The third-order valence-electron chi connectivity index (χ3n) is 8.34. The van der Waals surface area contributed by atoms with Gasteiger partial charge in [-0.1, -0.05) is 45.6 Å². The van der Waals surface area contributed by atoms with Gasteiger partial charge in [-0.05, 0) is 66.5 Å². The Balaban J connectivity index is 1.42. The number of pyridine rings is 3. The lowest BCUT2D eigenvalue weighted by molar-refractivity contribution is 0.236. The summed E-state index contributed by atoms with van der Waals surface area (Å²) in [5.74, 6) is 3.36. The van der Waals surface area contributed by atoms with Gasteiger partial charge in [0, 0.05) is 47.7 Å². The Hall–Kier alpha value is -4.17. The van der Waals surface area contributed by atoms with E-state index in [-0.39, 0.29) is 11.5 Å². The summed E-state index contributed by atoms with van der Waals surface area (Å²) in [6.45, 7) is 14.4. The number of nitrogens with zero attached hydrogens (tertiary/aromatic N) is 5. The average Bonchev–Trinajstić information content (AvgIpc) is 2.93. The minimum Gasteiger partial charge on any atom is -0.366 e. The van der Waals surface area contributed by atoms with Crippen molar-refractivity contribution in [1.82, 2.24) is 30.2 Å². The van der Waals surface area contributed by atoms with Gasteiger partial charge in [-0.25, -0.2) is 19.9 Å². The van der Waals surface area contributed by atoms with E-state index in [1.165, 1.54) is 24.8 Å². The molecule has 1 saturated heterocycles. The van der Waals surface area contributed by atoms with Gasteiger partial charge in [-0.2, -0.15) is 0 Å². The lowest BCUT2D eigenvalue weighted by Crippen LogP contribution is -2.49. The summed E-state index contributed by atoms with van der Waals surface area (Å²) in [6, 6.07) is 6.09. The monoisotopic (exact) mass is 532 g/mol. The predicted molar refractivity (Wildman–Crippen MR) is 164 cm³/mol. The van der Waals surface area contributed by atoms with E-state index in [0.29, 0.717) is 23.4 Å². The molecule has 5 heterocycles. The quantitative estimate of drug-likeness (QED) is 0.234. The van der Waals surface area contributed by atoms with Gasteiger partial charge in [0.05, 0.1) is 11.7 Å². The average molecular weight is 533 g/mol. The molecule has 4 aromatic rings. The van der Waals surface area contributed by atoms with Crippen LogP contribution in [0.5, 0.6) is 0 Å². The molecular formula is C32H36N8. The second kappa shape index (κ2) is 10.8. The molecule has 0 radical (unpaired) electrons. The summed E-state index contributed by atoms with van der Waals surface area (Å²) in [4.78, 5) is 23.8. The number of rotatable bonds is 8. The largest absolute Gasteiger partial charge is 0.366 e. The molecule has 8 heteroatoms. The molecule has 8 nitrogen and oxygen atoms in total. The second-order valence-corrected chi connectivity index (χ2v) is 11.4. The number of nitrogens with one attached hydrogen (secondary N) is 3. The number of aromatic nitrogens is 5. The van der Waals surface area contributed by atoms with E-state index in [0.717, 1.165) is 52.9 Å². The number of piperidine rings is 1. The molecule has 2 aliphatic rings. The molecule has 40 heavy (non-hydrogen) atoms. The molecule has 6 rings (SSSR count). The van der Waals surface area contributed by atoms with Crippen LogP contribution >= 0.6 is 0 Å². The van der Waals surface area contributed by atoms with Crippen LogP contribution in [0.3, 0.4) is 0 Å². The minimum absolute atomic E-state index is 0.0863. The van der Waals surface area contributed by atoms with Gasteiger partial charge in [0.1, 0.15) is 17.5 Å². The van der Waals surface area contributed by atoms with Crippen molar-refractivity contribution in [2.45, 2.75) is 51.5 Å². The third-order valence-corrected chi connectivity index (χ3v) is 8.34. The maximum absolute atomic E-state index is 5.17. The van der Waals surface area contributed by atoms with Crippen molar-refractivity contribution >= 4 is 40.5 Å². The van der Waals surface area contributed by atoms with Crippen molar-refractivity contribution in [2.75, 3.05) is 23.7 Å². The van der Waals surface area contributed by atoms with Crippen LogP contribution in [0.1, 0.15) is 62.1 Å². The Bertz CT molecular complexity index is 1570. The Morgan fingerprint density at radius 3 is 2.60 bits per heavy atom. The van der Waals surface area contributed by atoms with Gasteiger partial charge >= 0.3 is 0 Å². The first-order valence-electron chi connectivity index (χ1n) is 14.1. The van der Waals surface area contributed by atoms with Crippen molar-refractivity contribution in [3.05, 3.63) is 72.8 Å². The van der Waals surface area contributed by atoms with Crippen molar-refractivity contribution in [3.8, 4) is 11.4 Å². The molecule has 0 bridgehead atoms. The Kier molecular flexibility index (Phi) is 7.02. The molecule has 204 valence electrons. The van der Waals surface area contributed by atoms with Crippen LogP contribution in [0.2, 0.25) is 0 Å². The summed E-state index contributed by atoms with van der Waals surface area (Å²) in [5.41, 5.74) is 4.89. The van der Waals surface area contributed by atoms with Crippen molar-refractivity contribution in [3.63, 3.8) is 0 Å². The fraction of sp³-hybridized carbons (Fsp3) is 0.344. The van der Waals surface area contributed by atoms with Gasteiger partial charge in [-0.3, -0.25) is 4.98 Å². The van der Waals surface area contributed by atoms with Crippen LogP contribution in [0.25, 0.3) is 34.4 Å². The SMILES string of the molecule is C=Cc1ccnc(Nc2cc(-c3nc(NC4CCNCC4(C)C)c4c(C5CCC5)cncc4n3)ccn2)c1C=C. The lowest BCUT2D eigenvalue weighted by Gasteiger charge is -2.40. The highest BCUT2D eigenvalue weighted by atomic mass is 15.1. The zero-order valence-corrected chi connectivity index (χ0v) is 23.2. The number of anilines is 3. The summed E-state index contributed by atoms with van der Waals surface area (Å²) in [7, 11) is 0. The maximum Gasteiger partial charge on any atom is 0.162 e. The van der Waals surface area contributed by atoms with E-state index >= 15 is 0 Å². The minimum atomic E-state index is 0.0863. The molecule has 1 saturated carbocycles. The van der Waals surface area contributed by atoms with Crippen molar-refractivity contribution in [1.29, 1.82) is 0 Å². The second-order valence-electron chi connectivity index (χ2n) is 11.4. The summed E-state index contributed by atoms with van der Waals surface area (Å²) < 4.78 is 0. The highest BCUT2D eigenvalue weighted by molar-refractivity contribution is 5.93. The fourth-order valence-electron chi connectivity index (χ4n) is 5.71. The molecule has 0 aromatic carbocycles. The fourth-order valence-corrected chi connectivity index (χ4v) is 5.71. The van der Waals surface area contributed by atoms with E-state index in [4.69, 9.17) is 9.97 Å². The van der Waals surface area contributed by atoms with Crippen LogP contribution in [-0.4, -0.2) is 44.1 Å². The van der Waals surface area contributed by atoms with Crippen LogP contribution in [0.15, 0.2) is 56.1 Å². The standard InChI is InChI=1S/C32H36N8/c1-5-20-10-15-36-30(23(20)6-2)39-27-16-22(11-14-35-27)29-37-25-18-34-17-24(21-8-7-9-21)28(25)31(40-29)38-26-12-13-33-19-32(26,3)4/h5-6,10-11,14-18,21,26,33H,1-2,7-9,12-13,19H2,3-4H3,(H,35,36,39)(H,37,38,40). The number of hydrogen-bond donors (Lipinski definition) is 3. The van der Waals surface area contributed by atoms with E-state index in [1.54, 1.807) is 24.5 Å². The third kappa shape index (κ3) is 4.95. The zero-order valence-electron chi connectivity index (χ0n) is 23.2. The van der Waals surface area contributed by atoms with E-state index < -0.39 is 0 Å². The van der Waals surface area contributed by atoms with Crippen molar-refractivity contribution < 1.29 is 0 Å². The first-order valence-corrected chi connectivity index (χ1v) is 14.1. The highest BCUT2D eigenvalue weighted by Crippen LogP contribution is 2.42. The summed E-state index contributed by atoms with van der Waals surface area (Å²) in [6.07, 6.45) is 15.6. The summed E-state index contributed by atoms with van der Waals surface area (Å²) in [5, 5.41) is 11.9. The molecular weight excluding hydrogens is 496 g/mol. The molecule has 0 amide bonds. The van der Waals surface area contributed by atoms with Gasteiger partial charge in [0.25, 0.3) is 0 Å². The Morgan fingerprint density at radius 1 is 1.00 bits per heavy atom. The predicted octanol–water partition coefficient (Wildman–Crippen LogP) is 6.58. The van der Waals surface area contributed by atoms with Crippen LogP contribution in [0, 0.1) is 5.41 Å². The first kappa shape index (κ1) is 26.1. The molecule has 4 aromatic heterocycles. The smallest absolute Gasteiger partial charge is 0.162 e. The molecule has 1 atom stereocenters. The molecule has 1 aliphatic heterocycles. The van der Waals surface area contributed by atoms with Gasteiger partial charge < -0.3 is 16.0 Å². The highest BCUT2D eigenvalue weighted by Gasteiger charge is 2.33. The normalized spacial score (nSPS) is 18.6. The Morgan fingerprint density at radius 2 is 1.85 bits per heavy atom. The Labute approximate surface area is 235 Å². The number of fused-ring (bicyclic) bond motifs is 1.